The molecule has 1 aromatic heterocycles. The molecule has 3 rings (SSSR count). The van der Waals surface area contributed by atoms with E-state index in [1.165, 1.54) is 35.0 Å². The number of sulfonamides is 2. The van der Waals surface area contributed by atoms with Crippen LogP contribution in [-0.2, 0) is 26.6 Å². The molecule has 29 heavy (non-hydrogen) atoms. The first kappa shape index (κ1) is 21.5. The Labute approximate surface area is 171 Å². The van der Waals surface area contributed by atoms with Crippen LogP contribution in [0.25, 0.3) is 0 Å². The van der Waals surface area contributed by atoms with Gasteiger partial charge in [-0.2, -0.15) is 8.61 Å². The molecule has 1 fully saturated rings. The van der Waals surface area contributed by atoms with E-state index in [-0.39, 0.29) is 30.3 Å². The Morgan fingerprint density at radius 1 is 1.07 bits per heavy atom. The molecule has 0 bridgehead atoms. The van der Waals surface area contributed by atoms with Gasteiger partial charge in [-0.25, -0.2) is 16.8 Å². The van der Waals surface area contributed by atoms with Gasteiger partial charge in [-0.3, -0.25) is 4.98 Å². The predicted octanol–water partition coefficient (Wildman–Crippen LogP) is 0.933. The highest BCUT2D eigenvalue weighted by Crippen LogP contribution is 2.34. The minimum atomic E-state index is -3.87. The SMILES string of the molecule is COc1ccc(OC)c(S(=O)(=O)N2CC(N(Cc3ccncc3)S(C)(=O)=O)C2)c1. The number of hydrogen-bond acceptors (Lipinski definition) is 7. The highest BCUT2D eigenvalue weighted by Gasteiger charge is 2.43. The summed E-state index contributed by atoms with van der Waals surface area (Å²) in [6.45, 7) is 0.268. The molecule has 11 heteroatoms. The van der Waals surface area contributed by atoms with E-state index in [0.717, 1.165) is 11.8 Å². The number of aromatic nitrogens is 1. The van der Waals surface area contributed by atoms with Crippen molar-refractivity contribution in [2.75, 3.05) is 33.6 Å². The van der Waals surface area contributed by atoms with Crippen molar-refractivity contribution in [2.45, 2.75) is 17.5 Å². The first-order valence-corrected chi connectivity index (χ1v) is 12.0. The Hall–Kier alpha value is -2.21. The summed E-state index contributed by atoms with van der Waals surface area (Å²) in [5.41, 5.74) is 0.779. The summed E-state index contributed by atoms with van der Waals surface area (Å²) in [6.07, 6.45) is 4.29. The molecular weight excluding hydrogens is 418 g/mol. The molecule has 1 saturated heterocycles. The molecule has 0 amide bonds. The van der Waals surface area contributed by atoms with Crippen molar-refractivity contribution in [1.29, 1.82) is 0 Å². The van der Waals surface area contributed by atoms with Gasteiger partial charge in [0.15, 0.2) is 0 Å². The van der Waals surface area contributed by atoms with E-state index in [0.29, 0.717) is 5.75 Å². The molecule has 0 unspecified atom stereocenters. The van der Waals surface area contributed by atoms with Crippen molar-refractivity contribution < 1.29 is 26.3 Å². The molecular formula is C18H23N3O6S2. The maximum atomic E-state index is 13.1. The van der Waals surface area contributed by atoms with Gasteiger partial charge in [0.25, 0.3) is 0 Å². The molecule has 2 aromatic rings. The van der Waals surface area contributed by atoms with Gasteiger partial charge in [-0.15, -0.1) is 0 Å². The summed E-state index contributed by atoms with van der Waals surface area (Å²) in [7, 11) is -4.56. The van der Waals surface area contributed by atoms with Crippen molar-refractivity contribution in [3.8, 4) is 11.5 Å². The fourth-order valence-electron chi connectivity index (χ4n) is 3.10. The first-order chi connectivity index (χ1) is 13.7. The van der Waals surface area contributed by atoms with Crippen LogP contribution in [0.4, 0.5) is 0 Å². The van der Waals surface area contributed by atoms with E-state index < -0.39 is 26.1 Å². The van der Waals surface area contributed by atoms with E-state index in [1.807, 2.05) is 0 Å². The van der Waals surface area contributed by atoms with Gasteiger partial charge in [0.05, 0.1) is 26.5 Å². The third kappa shape index (κ3) is 4.53. The van der Waals surface area contributed by atoms with Gasteiger partial charge in [-0.1, -0.05) is 0 Å². The standard InChI is InChI=1S/C18H23N3O6S2/c1-26-16-4-5-17(27-2)18(10-16)29(24,25)20-12-15(13-20)21(28(3,22)23)11-14-6-8-19-9-7-14/h4-10,15H,11-13H2,1-3H3. The van der Waals surface area contributed by atoms with Crippen LogP contribution in [-0.4, -0.2) is 70.0 Å². The highest BCUT2D eigenvalue weighted by atomic mass is 32.2. The second-order valence-corrected chi connectivity index (χ2v) is 10.5. The van der Waals surface area contributed by atoms with Gasteiger partial charge in [-0.05, 0) is 29.8 Å². The zero-order valence-corrected chi connectivity index (χ0v) is 18.0. The molecule has 9 nitrogen and oxygen atoms in total. The lowest BCUT2D eigenvalue weighted by atomic mass is 10.1. The zero-order chi connectivity index (χ0) is 21.2. The molecule has 0 saturated carbocycles. The first-order valence-electron chi connectivity index (χ1n) is 8.74. The summed E-state index contributed by atoms with van der Waals surface area (Å²) < 4.78 is 63.5. The lowest BCUT2D eigenvalue weighted by Gasteiger charge is -2.43. The van der Waals surface area contributed by atoms with E-state index in [4.69, 9.17) is 9.47 Å². The van der Waals surface area contributed by atoms with Gasteiger partial charge in [0.2, 0.25) is 20.0 Å². The summed E-state index contributed by atoms with van der Waals surface area (Å²) >= 11 is 0. The second-order valence-electron chi connectivity index (χ2n) is 6.66. The molecule has 0 aliphatic carbocycles. The van der Waals surface area contributed by atoms with E-state index in [1.54, 1.807) is 30.6 Å². The molecule has 1 aromatic carbocycles. The molecule has 1 aliphatic rings. The summed E-state index contributed by atoms with van der Waals surface area (Å²) in [4.78, 5) is 3.91. The minimum Gasteiger partial charge on any atom is -0.497 e. The number of benzene rings is 1. The highest BCUT2D eigenvalue weighted by molar-refractivity contribution is 7.89. The van der Waals surface area contributed by atoms with Crippen molar-refractivity contribution in [3.63, 3.8) is 0 Å². The molecule has 1 aliphatic heterocycles. The lowest BCUT2D eigenvalue weighted by molar-refractivity contribution is 0.150. The summed E-state index contributed by atoms with van der Waals surface area (Å²) in [6, 6.07) is 7.53. The Morgan fingerprint density at radius 2 is 1.72 bits per heavy atom. The molecule has 158 valence electrons. The van der Waals surface area contributed by atoms with Crippen LogP contribution in [0.3, 0.4) is 0 Å². The van der Waals surface area contributed by atoms with Crippen molar-refractivity contribution in [1.82, 2.24) is 13.6 Å². The summed E-state index contributed by atoms with van der Waals surface area (Å²) in [5, 5.41) is 0. The van der Waals surface area contributed by atoms with Crippen LogP contribution in [0.5, 0.6) is 11.5 Å². The van der Waals surface area contributed by atoms with Crippen molar-refractivity contribution >= 4 is 20.0 Å². The Kier molecular flexibility index (Phi) is 6.13. The minimum absolute atomic E-state index is 0.0159. The van der Waals surface area contributed by atoms with Crippen molar-refractivity contribution in [3.05, 3.63) is 48.3 Å². The zero-order valence-electron chi connectivity index (χ0n) is 16.3. The summed E-state index contributed by atoms with van der Waals surface area (Å²) in [5.74, 6) is 0.586. The van der Waals surface area contributed by atoms with Crippen LogP contribution < -0.4 is 9.47 Å². The number of rotatable bonds is 8. The lowest BCUT2D eigenvalue weighted by Crippen LogP contribution is -2.61. The normalized spacial score (nSPS) is 15.9. The Morgan fingerprint density at radius 3 is 2.28 bits per heavy atom. The van der Waals surface area contributed by atoms with Crippen molar-refractivity contribution in [2.24, 2.45) is 0 Å². The second kappa shape index (κ2) is 8.27. The number of nitrogens with zero attached hydrogens (tertiary/aromatic N) is 3. The third-order valence-corrected chi connectivity index (χ3v) is 7.87. The maximum absolute atomic E-state index is 13.1. The van der Waals surface area contributed by atoms with Crippen LogP contribution in [0.15, 0.2) is 47.6 Å². The van der Waals surface area contributed by atoms with Crippen LogP contribution in [0, 0.1) is 0 Å². The molecule has 0 atom stereocenters. The topological polar surface area (TPSA) is 106 Å². The Balaban J connectivity index is 1.81. The average Bonchev–Trinajstić information content (AvgIpc) is 2.65. The Bertz CT molecular complexity index is 1070. The fourth-order valence-corrected chi connectivity index (χ4v) is 5.85. The van der Waals surface area contributed by atoms with Gasteiger partial charge in [0, 0.05) is 38.1 Å². The number of ether oxygens (including phenoxy) is 2. The monoisotopic (exact) mass is 441 g/mol. The largest absolute Gasteiger partial charge is 0.497 e. The average molecular weight is 442 g/mol. The van der Waals surface area contributed by atoms with Crippen LogP contribution >= 0.6 is 0 Å². The van der Waals surface area contributed by atoms with Gasteiger partial charge in [0.1, 0.15) is 16.4 Å². The fraction of sp³-hybridized carbons (Fsp3) is 0.389. The predicted molar refractivity (Wildman–Crippen MR) is 107 cm³/mol. The quantitative estimate of drug-likeness (QED) is 0.600. The number of methoxy groups -OCH3 is 2. The maximum Gasteiger partial charge on any atom is 0.247 e. The molecule has 0 radical (unpaired) electrons. The molecule has 0 spiro atoms. The van der Waals surface area contributed by atoms with Gasteiger partial charge >= 0.3 is 0 Å². The van der Waals surface area contributed by atoms with E-state index in [9.17, 15) is 16.8 Å². The van der Waals surface area contributed by atoms with Gasteiger partial charge < -0.3 is 9.47 Å². The van der Waals surface area contributed by atoms with Crippen LogP contribution in [0.2, 0.25) is 0 Å². The van der Waals surface area contributed by atoms with E-state index in [2.05, 4.69) is 4.98 Å². The smallest absolute Gasteiger partial charge is 0.247 e. The number of hydrogen-bond donors (Lipinski definition) is 0. The molecule has 0 N–H and O–H groups in total. The van der Waals surface area contributed by atoms with E-state index >= 15 is 0 Å². The third-order valence-electron chi connectivity index (χ3n) is 4.74. The van der Waals surface area contributed by atoms with Crippen LogP contribution in [0.1, 0.15) is 5.56 Å². The molecule has 2 heterocycles. The number of pyridine rings is 1.